The monoisotopic (exact) mass is 368 g/mol. The number of methoxy groups -OCH3 is 1. The Balaban J connectivity index is 1.78. The van der Waals surface area contributed by atoms with Crippen molar-refractivity contribution in [2.45, 2.75) is 32.9 Å². The van der Waals surface area contributed by atoms with Crippen molar-refractivity contribution in [1.29, 1.82) is 0 Å². The van der Waals surface area contributed by atoms with E-state index in [1.807, 2.05) is 24.1 Å². The van der Waals surface area contributed by atoms with Gasteiger partial charge in [-0.25, -0.2) is 4.79 Å². The van der Waals surface area contributed by atoms with Gasteiger partial charge in [-0.15, -0.1) is 0 Å². The summed E-state index contributed by atoms with van der Waals surface area (Å²) in [6.07, 6.45) is 0. The minimum absolute atomic E-state index is 0.0339. The van der Waals surface area contributed by atoms with Crippen LogP contribution in [0.3, 0.4) is 0 Å². The maximum absolute atomic E-state index is 12.2. The molecule has 0 saturated carbocycles. The summed E-state index contributed by atoms with van der Waals surface area (Å²) in [7, 11) is 3.28. The fourth-order valence-corrected chi connectivity index (χ4v) is 2.75. The number of esters is 1. The molecular weight excluding hydrogens is 340 g/mol. The zero-order valence-electron chi connectivity index (χ0n) is 16.5. The highest BCUT2D eigenvalue weighted by Crippen LogP contribution is 2.15. The van der Waals surface area contributed by atoms with E-state index in [1.54, 1.807) is 12.1 Å². The highest BCUT2D eigenvalue weighted by atomic mass is 16.5. The number of ether oxygens (including phenoxy) is 1. The van der Waals surface area contributed by atoms with Gasteiger partial charge in [-0.1, -0.05) is 50.2 Å². The maximum atomic E-state index is 12.2. The van der Waals surface area contributed by atoms with E-state index in [2.05, 4.69) is 48.2 Å². The molecule has 0 unspecified atom stereocenters. The van der Waals surface area contributed by atoms with Gasteiger partial charge in [0.25, 0.3) is 0 Å². The third-order valence-electron chi connectivity index (χ3n) is 4.38. The average molecular weight is 368 g/mol. The van der Waals surface area contributed by atoms with Crippen molar-refractivity contribution in [3.8, 4) is 0 Å². The molecule has 0 spiro atoms. The van der Waals surface area contributed by atoms with Crippen molar-refractivity contribution in [3.63, 3.8) is 0 Å². The van der Waals surface area contributed by atoms with E-state index in [1.165, 1.54) is 18.2 Å². The van der Waals surface area contributed by atoms with E-state index < -0.39 is 0 Å². The highest BCUT2D eigenvalue weighted by molar-refractivity contribution is 5.89. The number of benzene rings is 2. The molecule has 0 fully saturated rings. The lowest BCUT2D eigenvalue weighted by molar-refractivity contribution is -0.122. The quantitative estimate of drug-likeness (QED) is 0.726. The summed E-state index contributed by atoms with van der Waals surface area (Å²) < 4.78 is 4.67. The average Bonchev–Trinajstić information content (AvgIpc) is 2.66. The highest BCUT2D eigenvalue weighted by Gasteiger charge is 2.09. The normalized spacial score (nSPS) is 10.9. The fraction of sp³-hybridized carbons (Fsp3) is 0.364. The molecule has 0 bridgehead atoms. The van der Waals surface area contributed by atoms with E-state index in [0.29, 0.717) is 24.6 Å². The van der Waals surface area contributed by atoms with E-state index in [9.17, 15) is 9.59 Å². The van der Waals surface area contributed by atoms with Crippen LogP contribution in [0.15, 0.2) is 48.5 Å². The summed E-state index contributed by atoms with van der Waals surface area (Å²) >= 11 is 0. The van der Waals surface area contributed by atoms with Crippen LogP contribution in [0.1, 0.15) is 46.8 Å². The molecule has 27 heavy (non-hydrogen) atoms. The first-order valence-electron chi connectivity index (χ1n) is 9.10. The van der Waals surface area contributed by atoms with Crippen LogP contribution in [0.5, 0.6) is 0 Å². The summed E-state index contributed by atoms with van der Waals surface area (Å²) in [6, 6.07) is 15.5. The minimum Gasteiger partial charge on any atom is -0.465 e. The third-order valence-corrected chi connectivity index (χ3v) is 4.38. The topological polar surface area (TPSA) is 58.6 Å². The number of carbonyl (C=O) groups is 2. The SMILES string of the molecule is COC(=O)c1ccc(CNC(=O)CN(C)Cc2ccc(C(C)C)cc2)cc1. The van der Waals surface area contributed by atoms with Crippen LogP contribution in [0.4, 0.5) is 0 Å². The first-order chi connectivity index (χ1) is 12.9. The minimum atomic E-state index is -0.367. The van der Waals surface area contributed by atoms with E-state index >= 15 is 0 Å². The second kappa shape index (κ2) is 9.88. The molecule has 0 radical (unpaired) electrons. The van der Waals surface area contributed by atoms with Gasteiger partial charge < -0.3 is 10.1 Å². The fourth-order valence-electron chi connectivity index (χ4n) is 2.75. The van der Waals surface area contributed by atoms with Crippen molar-refractivity contribution in [2.75, 3.05) is 20.7 Å². The van der Waals surface area contributed by atoms with Gasteiger partial charge in [-0.05, 0) is 41.8 Å². The smallest absolute Gasteiger partial charge is 0.337 e. The van der Waals surface area contributed by atoms with Crippen LogP contribution < -0.4 is 5.32 Å². The predicted octanol–water partition coefficient (Wildman–Crippen LogP) is 3.34. The van der Waals surface area contributed by atoms with E-state index in [-0.39, 0.29) is 11.9 Å². The van der Waals surface area contributed by atoms with Crippen LogP contribution in [0.2, 0.25) is 0 Å². The van der Waals surface area contributed by atoms with Gasteiger partial charge in [0.05, 0.1) is 19.2 Å². The second-order valence-corrected chi connectivity index (χ2v) is 7.03. The van der Waals surface area contributed by atoms with Gasteiger partial charge in [0.15, 0.2) is 0 Å². The Morgan fingerprint density at radius 3 is 2.15 bits per heavy atom. The number of nitrogens with one attached hydrogen (secondary N) is 1. The zero-order chi connectivity index (χ0) is 19.8. The predicted molar refractivity (Wildman–Crippen MR) is 106 cm³/mol. The number of amides is 1. The molecule has 1 N–H and O–H groups in total. The molecule has 144 valence electrons. The van der Waals surface area contributed by atoms with Gasteiger partial charge >= 0.3 is 5.97 Å². The molecule has 2 rings (SSSR count). The summed E-state index contributed by atoms with van der Waals surface area (Å²) in [4.78, 5) is 25.6. The Kier molecular flexibility index (Phi) is 7.55. The van der Waals surface area contributed by atoms with Crippen LogP contribution in [-0.2, 0) is 22.6 Å². The van der Waals surface area contributed by atoms with E-state index in [0.717, 1.165) is 12.1 Å². The summed E-state index contributed by atoms with van der Waals surface area (Å²) in [5.74, 6) is 0.117. The molecular formula is C22H28N2O3. The standard InChI is InChI=1S/C22H28N2O3/c1-16(2)19-9-7-18(8-10-19)14-24(3)15-21(25)23-13-17-5-11-20(12-6-17)22(26)27-4/h5-12,16H,13-15H2,1-4H3,(H,23,25). The molecule has 5 heteroatoms. The van der Waals surface area contributed by atoms with Crippen LogP contribution in [0, 0.1) is 0 Å². The number of likely N-dealkylation sites (N-methyl/N-ethyl adjacent to an activating group) is 1. The lowest BCUT2D eigenvalue weighted by atomic mass is 10.0. The summed E-state index contributed by atoms with van der Waals surface area (Å²) in [6.45, 7) is 5.83. The van der Waals surface area contributed by atoms with Crippen molar-refractivity contribution in [2.24, 2.45) is 0 Å². The van der Waals surface area contributed by atoms with Gasteiger partial charge in [0.1, 0.15) is 0 Å². The number of hydrogen-bond acceptors (Lipinski definition) is 4. The molecule has 5 nitrogen and oxygen atoms in total. The number of hydrogen-bond donors (Lipinski definition) is 1. The van der Waals surface area contributed by atoms with E-state index in [4.69, 9.17) is 0 Å². The Hall–Kier alpha value is -2.66. The largest absolute Gasteiger partial charge is 0.465 e. The third kappa shape index (κ3) is 6.53. The molecule has 0 atom stereocenters. The Bertz CT molecular complexity index is 752. The second-order valence-electron chi connectivity index (χ2n) is 7.03. The molecule has 2 aromatic carbocycles. The molecule has 0 aliphatic carbocycles. The van der Waals surface area contributed by atoms with Gasteiger partial charge in [0, 0.05) is 13.1 Å². The molecule has 2 aromatic rings. The first kappa shape index (κ1) is 20.6. The molecule has 0 aliphatic rings. The molecule has 0 saturated heterocycles. The van der Waals surface area contributed by atoms with Gasteiger partial charge in [0.2, 0.25) is 5.91 Å². The van der Waals surface area contributed by atoms with Crippen molar-refractivity contribution in [1.82, 2.24) is 10.2 Å². The van der Waals surface area contributed by atoms with Gasteiger partial charge in [-0.2, -0.15) is 0 Å². The molecule has 1 amide bonds. The Morgan fingerprint density at radius 2 is 1.59 bits per heavy atom. The first-order valence-corrected chi connectivity index (χ1v) is 9.10. The molecule has 0 heterocycles. The Labute approximate surface area is 161 Å². The van der Waals surface area contributed by atoms with Crippen LogP contribution in [-0.4, -0.2) is 37.5 Å². The number of nitrogens with zero attached hydrogens (tertiary/aromatic N) is 1. The zero-order valence-corrected chi connectivity index (χ0v) is 16.5. The lowest BCUT2D eigenvalue weighted by Crippen LogP contribution is -2.34. The number of rotatable bonds is 8. The summed E-state index contributed by atoms with van der Waals surface area (Å²) in [5, 5.41) is 2.91. The van der Waals surface area contributed by atoms with Crippen LogP contribution >= 0.6 is 0 Å². The maximum Gasteiger partial charge on any atom is 0.337 e. The number of carbonyl (C=O) groups excluding carboxylic acids is 2. The van der Waals surface area contributed by atoms with Gasteiger partial charge in [-0.3, -0.25) is 9.69 Å². The van der Waals surface area contributed by atoms with Crippen LogP contribution in [0.25, 0.3) is 0 Å². The van der Waals surface area contributed by atoms with Crippen molar-refractivity contribution in [3.05, 3.63) is 70.8 Å². The molecule has 0 aliphatic heterocycles. The Morgan fingerprint density at radius 1 is 1.00 bits per heavy atom. The summed E-state index contributed by atoms with van der Waals surface area (Å²) in [5.41, 5.74) is 3.93. The van der Waals surface area contributed by atoms with Crippen molar-refractivity contribution >= 4 is 11.9 Å². The molecule has 0 aromatic heterocycles. The van der Waals surface area contributed by atoms with Crippen molar-refractivity contribution < 1.29 is 14.3 Å². The lowest BCUT2D eigenvalue weighted by Gasteiger charge is -2.17.